The highest BCUT2D eigenvalue weighted by Crippen LogP contribution is 2.23. The second-order valence-corrected chi connectivity index (χ2v) is 5.42. The van der Waals surface area contributed by atoms with Crippen molar-refractivity contribution in [1.82, 2.24) is 10.3 Å². The Bertz CT molecular complexity index is 362. The van der Waals surface area contributed by atoms with Gasteiger partial charge in [0.2, 0.25) is 0 Å². The second kappa shape index (κ2) is 8.28. The molecule has 1 aliphatic carbocycles. The van der Waals surface area contributed by atoms with Crippen LogP contribution in [0.1, 0.15) is 50.4 Å². The van der Waals surface area contributed by atoms with Crippen molar-refractivity contribution in [2.24, 2.45) is 5.92 Å². The average molecular weight is 262 g/mol. The molecule has 0 bridgehead atoms. The van der Waals surface area contributed by atoms with Gasteiger partial charge in [-0.2, -0.15) is 0 Å². The van der Waals surface area contributed by atoms with Gasteiger partial charge in [-0.15, -0.1) is 0 Å². The Labute approximate surface area is 116 Å². The highest BCUT2D eigenvalue weighted by molar-refractivity contribution is 5.10. The minimum Gasteiger partial charge on any atom is -0.375 e. The van der Waals surface area contributed by atoms with Crippen LogP contribution in [0.15, 0.2) is 18.2 Å². The predicted octanol–water partition coefficient (Wildman–Crippen LogP) is 3.29. The van der Waals surface area contributed by atoms with Crippen molar-refractivity contribution >= 4 is 0 Å². The van der Waals surface area contributed by atoms with E-state index in [0.717, 1.165) is 37.0 Å². The molecule has 19 heavy (non-hydrogen) atoms. The molecule has 1 saturated carbocycles. The SMILES string of the molecule is CCNCc1cccc(COCC2CCCCC2)n1. The molecule has 0 aliphatic heterocycles. The number of hydrogen-bond donors (Lipinski definition) is 1. The van der Waals surface area contributed by atoms with E-state index in [1.807, 2.05) is 0 Å². The van der Waals surface area contributed by atoms with Crippen molar-refractivity contribution in [2.45, 2.75) is 52.2 Å². The first-order valence-electron chi connectivity index (χ1n) is 7.61. The quantitative estimate of drug-likeness (QED) is 0.818. The molecule has 0 spiro atoms. The van der Waals surface area contributed by atoms with E-state index in [0.29, 0.717) is 6.61 Å². The van der Waals surface area contributed by atoms with E-state index in [1.54, 1.807) is 0 Å². The number of pyridine rings is 1. The maximum absolute atomic E-state index is 5.84. The zero-order valence-corrected chi connectivity index (χ0v) is 12.0. The summed E-state index contributed by atoms with van der Waals surface area (Å²) in [5.74, 6) is 0.777. The molecule has 3 nitrogen and oxygen atoms in total. The van der Waals surface area contributed by atoms with E-state index in [4.69, 9.17) is 4.74 Å². The summed E-state index contributed by atoms with van der Waals surface area (Å²) >= 11 is 0. The van der Waals surface area contributed by atoms with Crippen molar-refractivity contribution in [3.63, 3.8) is 0 Å². The summed E-state index contributed by atoms with van der Waals surface area (Å²) in [6.45, 7) is 5.48. The van der Waals surface area contributed by atoms with Crippen molar-refractivity contribution in [1.29, 1.82) is 0 Å². The summed E-state index contributed by atoms with van der Waals surface area (Å²) in [6, 6.07) is 6.18. The van der Waals surface area contributed by atoms with Crippen LogP contribution < -0.4 is 5.32 Å². The lowest BCUT2D eigenvalue weighted by molar-refractivity contribution is 0.0719. The van der Waals surface area contributed by atoms with Gasteiger partial charge in [-0.1, -0.05) is 32.3 Å². The van der Waals surface area contributed by atoms with Gasteiger partial charge in [0.05, 0.1) is 18.0 Å². The van der Waals surface area contributed by atoms with E-state index in [9.17, 15) is 0 Å². The number of nitrogens with one attached hydrogen (secondary N) is 1. The molecule has 1 fully saturated rings. The number of aromatic nitrogens is 1. The largest absolute Gasteiger partial charge is 0.375 e. The molecular formula is C16H26N2O. The van der Waals surface area contributed by atoms with Crippen LogP contribution in [-0.4, -0.2) is 18.1 Å². The van der Waals surface area contributed by atoms with Crippen LogP contribution in [0, 0.1) is 5.92 Å². The zero-order chi connectivity index (χ0) is 13.3. The van der Waals surface area contributed by atoms with Gasteiger partial charge in [0.15, 0.2) is 0 Å². The highest BCUT2D eigenvalue weighted by Gasteiger charge is 2.13. The lowest BCUT2D eigenvalue weighted by atomic mass is 9.90. The lowest BCUT2D eigenvalue weighted by Gasteiger charge is -2.21. The van der Waals surface area contributed by atoms with E-state index in [1.165, 1.54) is 32.1 Å². The summed E-state index contributed by atoms with van der Waals surface area (Å²) in [6.07, 6.45) is 6.85. The van der Waals surface area contributed by atoms with Crippen molar-refractivity contribution in [3.8, 4) is 0 Å². The summed E-state index contributed by atoms with van der Waals surface area (Å²) in [5, 5.41) is 3.30. The van der Waals surface area contributed by atoms with Gasteiger partial charge in [-0.05, 0) is 37.4 Å². The van der Waals surface area contributed by atoms with Gasteiger partial charge in [0.1, 0.15) is 0 Å². The van der Waals surface area contributed by atoms with Crippen LogP contribution >= 0.6 is 0 Å². The van der Waals surface area contributed by atoms with Crippen LogP contribution in [0.2, 0.25) is 0 Å². The second-order valence-electron chi connectivity index (χ2n) is 5.42. The van der Waals surface area contributed by atoms with Crippen LogP contribution in [0.4, 0.5) is 0 Å². The van der Waals surface area contributed by atoms with Gasteiger partial charge in [0, 0.05) is 13.2 Å². The predicted molar refractivity (Wildman–Crippen MR) is 77.8 cm³/mol. The van der Waals surface area contributed by atoms with E-state index in [2.05, 4.69) is 35.4 Å². The Hall–Kier alpha value is -0.930. The third-order valence-corrected chi connectivity index (χ3v) is 3.75. The summed E-state index contributed by atoms with van der Waals surface area (Å²) in [5.41, 5.74) is 2.15. The molecule has 1 aromatic rings. The fourth-order valence-electron chi connectivity index (χ4n) is 2.65. The lowest BCUT2D eigenvalue weighted by Crippen LogP contribution is -2.15. The van der Waals surface area contributed by atoms with Crippen molar-refractivity contribution < 1.29 is 4.74 Å². The van der Waals surface area contributed by atoms with Gasteiger partial charge in [-0.3, -0.25) is 4.98 Å². The van der Waals surface area contributed by atoms with Gasteiger partial charge < -0.3 is 10.1 Å². The molecule has 2 rings (SSSR count). The van der Waals surface area contributed by atoms with Crippen LogP contribution in [0.3, 0.4) is 0 Å². The Balaban J connectivity index is 1.72. The first kappa shape index (κ1) is 14.5. The number of ether oxygens (including phenoxy) is 1. The van der Waals surface area contributed by atoms with Gasteiger partial charge >= 0.3 is 0 Å². The Morgan fingerprint density at radius 1 is 1.21 bits per heavy atom. The summed E-state index contributed by atoms with van der Waals surface area (Å²) in [7, 11) is 0. The molecule has 0 amide bonds. The summed E-state index contributed by atoms with van der Waals surface area (Å²) in [4.78, 5) is 4.61. The maximum Gasteiger partial charge on any atom is 0.0888 e. The molecule has 1 aromatic heterocycles. The smallest absolute Gasteiger partial charge is 0.0888 e. The molecule has 0 aromatic carbocycles. The van der Waals surface area contributed by atoms with E-state index < -0.39 is 0 Å². The molecule has 106 valence electrons. The number of hydrogen-bond acceptors (Lipinski definition) is 3. The normalized spacial score (nSPS) is 16.7. The highest BCUT2D eigenvalue weighted by atomic mass is 16.5. The van der Waals surface area contributed by atoms with E-state index in [-0.39, 0.29) is 0 Å². The Morgan fingerprint density at radius 2 is 2.00 bits per heavy atom. The van der Waals surface area contributed by atoms with Gasteiger partial charge in [0.25, 0.3) is 0 Å². The molecule has 0 unspecified atom stereocenters. The molecule has 0 radical (unpaired) electrons. The summed E-state index contributed by atoms with van der Waals surface area (Å²) < 4.78 is 5.84. The van der Waals surface area contributed by atoms with Crippen LogP contribution in [0.25, 0.3) is 0 Å². The maximum atomic E-state index is 5.84. The van der Waals surface area contributed by atoms with Crippen molar-refractivity contribution in [2.75, 3.05) is 13.2 Å². The number of rotatable bonds is 7. The minimum absolute atomic E-state index is 0.649. The zero-order valence-electron chi connectivity index (χ0n) is 12.0. The van der Waals surface area contributed by atoms with Gasteiger partial charge in [-0.25, -0.2) is 0 Å². The Morgan fingerprint density at radius 3 is 2.79 bits per heavy atom. The van der Waals surface area contributed by atoms with Crippen LogP contribution in [0.5, 0.6) is 0 Å². The molecule has 0 atom stereocenters. The molecule has 1 N–H and O–H groups in total. The minimum atomic E-state index is 0.649. The third-order valence-electron chi connectivity index (χ3n) is 3.75. The first-order chi connectivity index (χ1) is 9.38. The fourth-order valence-corrected chi connectivity index (χ4v) is 2.65. The molecule has 1 aliphatic rings. The monoisotopic (exact) mass is 262 g/mol. The number of nitrogens with zero attached hydrogens (tertiary/aromatic N) is 1. The third kappa shape index (κ3) is 5.29. The molecule has 0 saturated heterocycles. The Kier molecular flexibility index (Phi) is 6.31. The standard InChI is InChI=1S/C16H26N2O/c1-2-17-11-15-9-6-10-16(18-15)13-19-12-14-7-4-3-5-8-14/h6,9-10,14,17H,2-5,7-8,11-13H2,1H3. The fraction of sp³-hybridized carbons (Fsp3) is 0.688. The molecule has 1 heterocycles. The van der Waals surface area contributed by atoms with Crippen molar-refractivity contribution in [3.05, 3.63) is 29.6 Å². The van der Waals surface area contributed by atoms with E-state index >= 15 is 0 Å². The molecular weight excluding hydrogens is 236 g/mol. The van der Waals surface area contributed by atoms with Crippen LogP contribution in [-0.2, 0) is 17.9 Å². The topological polar surface area (TPSA) is 34.1 Å². The average Bonchev–Trinajstić information content (AvgIpc) is 2.47. The molecule has 3 heteroatoms. The first-order valence-corrected chi connectivity index (χ1v) is 7.61.